The molecule has 0 N–H and O–H groups in total. The van der Waals surface area contributed by atoms with Crippen molar-refractivity contribution in [1.29, 1.82) is 0 Å². The summed E-state index contributed by atoms with van der Waals surface area (Å²) in [5.41, 5.74) is 3.81. The molecule has 1 aliphatic carbocycles. The quantitative estimate of drug-likeness (QED) is 0.619. The molecule has 0 aromatic heterocycles. The molecule has 2 aromatic rings. The Bertz CT molecular complexity index is 1120. The van der Waals surface area contributed by atoms with Crippen LogP contribution in [0.1, 0.15) is 42.7 Å². The van der Waals surface area contributed by atoms with Gasteiger partial charge in [0.25, 0.3) is 0 Å². The second-order valence-electron chi connectivity index (χ2n) is 7.98. The molecule has 1 amide bonds. The van der Waals surface area contributed by atoms with E-state index in [0.29, 0.717) is 47.1 Å². The minimum Gasteiger partial charge on any atom is -0.493 e. The van der Waals surface area contributed by atoms with Gasteiger partial charge in [-0.15, -0.1) is 0 Å². The summed E-state index contributed by atoms with van der Waals surface area (Å²) in [4.78, 5) is 28.4. The highest BCUT2D eigenvalue weighted by Gasteiger charge is 2.41. The Morgan fingerprint density at radius 3 is 2.41 bits per heavy atom. The molecule has 7 heteroatoms. The number of hydrogen-bond acceptors (Lipinski definition) is 5. The summed E-state index contributed by atoms with van der Waals surface area (Å²) in [5, 5.41) is 0.548. The first kappa shape index (κ1) is 22.2. The van der Waals surface area contributed by atoms with E-state index in [0.717, 1.165) is 22.5 Å². The third kappa shape index (κ3) is 3.62. The van der Waals surface area contributed by atoms with Crippen LogP contribution in [0.4, 0.5) is 5.69 Å². The number of carbonyl (C=O) groups excluding carboxylic acids is 2. The van der Waals surface area contributed by atoms with Crippen LogP contribution in [0.25, 0.3) is 0 Å². The number of benzene rings is 2. The minimum atomic E-state index is -0.421. The fourth-order valence-electron chi connectivity index (χ4n) is 4.76. The van der Waals surface area contributed by atoms with Crippen LogP contribution in [-0.2, 0) is 9.59 Å². The third-order valence-electron chi connectivity index (χ3n) is 6.20. The molecule has 2 aromatic carbocycles. The molecule has 1 atom stereocenters. The van der Waals surface area contributed by atoms with Crippen molar-refractivity contribution in [3.63, 3.8) is 0 Å². The second-order valence-corrected chi connectivity index (χ2v) is 8.41. The molecule has 0 fully saturated rings. The summed E-state index contributed by atoms with van der Waals surface area (Å²) >= 11 is 6.25. The summed E-state index contributed by atoms with van der Waals surface area (Å²) in [6, 6.07) is 9.11. The molecule has 0 bridgehead atoms. The molecule has 6 nitrogen and oxygen atoms in total. The van der Waals surface area contributed by atoms with E-state index in [4.69, 9.17) is 25.8 Å². The number of Topliss-reactive ketones (excluding diaryl/α,β-unsaturated/α-hetero) is 1. The molecule has 32 heavy (non-hydrogen) atoms. The number of amides is 1. The van der Waals surface area contributed by atoms with E-state index in [1.807, 2.05) is 19.1 Å². The molecule has 2 aliphatic rings. The average molecular weight is 456 g/mol. The monoisotopic (exact) mass is 455 g/mol. The molecule has 1 aliphatic heterocycles. The van der Waals surface area contributed by atoms with Crippen LogP contribution in [-0.4, -0.2) is 33.0 Å². The predicted octanol–water partition coefficient (Wildman–Crippen LogP) is 5.20. The summed E-state index contributed by atoms with van der Waals surface area (Å²) in [5.74, 6) is 1.00. The molecule has 0 radical (unpaired) electrons. The number of hydrogen-bond donors (Lipinski definition) is 0. The Kier molecular flexibility index (Phi) is 6.15. The number of aryl methyl sites for hydroxylation is 1. The van der Waals surface area contributed by atoms with E-state index in [1.165, 1.54) is 7.11 Å². The van der Waals surface area contributed by atoms with Crippen LogP contribution in [0, 0.1) is 6.92 Å². The van der Waals surface area contributed by atoms with Gasteiger partial charge in [-0.1, -0.05) is 23.7 Å². The number of anilines is 1. The lowest BCUT2D eigenvalue weighted by atomic mass is 9.76. The molecule has 0 unspecified atom stereocenters. The Morgan fingerprint density at radius 2 is 1.72 bits per heavy atom. The minimum absolute atomic E-state index is 0.0604. The maximum atomic E-state index is 13.5. The molecule has 1 heterocycles. The summed E-state index contributed by atoms with van der Waals surface area (Å²) < 4.78 is 16.6. The van der Waals surface area contributed by atoms with E-state index < -0.39 is 5.92 Å². The molecule has 0 spiro atoms. The third-order valence-corrected chi connectivity index (χ3v) is 6.43. The van der Waals surface area contributed by atoms with E-state index in [9.17, 15) is 9.59 Å². The number of methoxy groups -OCH3 is 3. The smallest absolute Gasteiger partial charge is 0.232 e. The first-order valence-electron chi connectivity index (χ1n) is 10.6. The number of nitrogens with zero attached hydrogens (tertiary/aromatic N) is 1. The van der Waals surface area contributed by atoms with Crippen molar-refractivity contribution in [2.75, 3.05) is 26.2 Å². The van der Waals surface area contributed by atoms with Gasteiger partial charge in [0.1, 0.15) is 0 Å². The maximum absolute atomic E-state index is 13.5. The van der Waals surface area contributed by atoms with E-state index in [1.54, 1.807) is 37.3 Å². The van der Waals surface area contributed by atoms with Crippen LogP contribution in [0.5, 0.6) is 17.2 Å². The van der Waals surface area contributed by atoms with Crippen LogP contribution in [0.15, 0.2) is 41.6 Å². The fraction of sp³-hybridized carbons (Fsp3) is 0.360. The molecule has 4 rings (SSSR count). The van der Waals surface area contributed by atoms with Crippen molar-refractivity contribution < 1.29 is 23.8 Å². The van der Waals surface area contributed by atoms with Crippen molar-refractivity contribution in [3.8, 4) is 17.2 Å². The average Bonchev–Trinajstić information content (AvgIpc) is 2.79. The summed E-state index contributed by atoms with van der Waals surface area (Å²) in [6.07, 6.45) is 1.95. The van der Waals surface area contributed by atoms with Gasteiger partial charge in [-0.05, 0) is 43.5 Å². The SMILES string of the molecule is COc1ccc([C@@H]2CC(=O)N(c3cc(Cl)ccc3C)C3=C2C(=O)CCC3)c(OC)c1OC. The highest BCUT2D eigenvalue weighted by Crippen LogP contribution is 2.50. The zero-order valence-electron chi connectivity index (χ0n) is 18.7. The maximum Gasteiger partial charge on any atom is 0.232 e. The molecule has 0 saturated heterocycles. The van der Waals surface area contributed by atoms with E-state index >= 15 is 0 Å². The van der Waals surface area contributed by atoms with Crippen molar-refractivity contribution in [3.05, 3.63) is 57.8 Å². The van der Waals surface area contributed by atoms with Gasteiger partial charge in [0.15, 0.2) is 17.3 Å². The van der Waals surface area contributed by atoms with Gasteiger partial charge in [0.05, 0.1) is 27.0 Å². The van der Waals surface area contributed by atoms with Gasteiger partial charge in [0, 0.05) is 40.6 Å². The van der Waals surface area contributed by atoms with Crippen molar-refractivity contribution >= 4 is 29.0 Å². The van der Waals surface area contributed by atoms with Crippen LogP contribution in [0.3, 0.4) is 0 Å². The van der Waals surface area contributed by atoms with Crippen LogP contribution < -0.4 is 19.1 Å². The molecule has 168 valence electrons. The molecule has 0 saturated carbocycles. The van der Waals surface area contributed by atoms with Gasteiger partial charge in [0.2, 0.25) is 11.7 Å². The highest BCUT2D eigenvalue weighted by atomic mass is 35.5. The lowest BCUT2D eigenvalue weighted by Gasteiger charge is -2.39. The van der Waals surface area contributed by atoms with Gasteiger partial charge < -0.3 is 14.2 Å². The highest BCUT2D eigenvalue weighted by molar-refractivity contribution is 6.31. The molecular weight excluding hydrogens is 430 g/mol. The number of ketones is 1. The zero-order chi connectivity index (χ0) is 23.0. The standard InChI is InChI=1S/C25H26ClNO5/c1-14-8-9-15(26)12-19(14)27-18-6-5-7-20(28)23(18)17(13-22(27)29)16-10-11-21(30-2)25(32-4)24(16)31-3/h8-12,17H,5-7,13H2,1-4H3/t17-/m0/s1. The van der Waals surface area contributed by atoms with Gasteiger partial charge in [-0.3, -0.25) is 14.5 Å². The number of halogens is 1. The van der Waals surface area contributed by atoms with Crippen LogP contribution in [0.2, 0.25) is 5.02 Å². The number of rotatable bonds is 5. The Labute approximate surface area is 192 Å². The summed E-state index contributed by atoms with van der Waals surface area (Å²) in [6.45, 7) is 1.94. The number of allylic oxidation sites excluding steroid dienone is 2. The lowest BCUT2D eigenvalue weighted by molar-refractivity contribution is -0.119. The zero-order valence-corrected chi connectivity index (χ0v) is 19.4. The lowest BCUT2D eigenvalue weighted by Crippen LogP contribution is -2.41. The second kappa shape index (κ2) is 8.87. The fourth-order valence-corrected chi connectivity index (χ4v) is 4.93. The van der Waals surface area contributed by atoms with E-state index in [-0.39, 0.29) is 18.1 Å². The Morgan fingerprint density at radius 1 is 0.969 bits per heavy atom. The number of ether oxygens (including phenoxy) is 3. The van der Waals surface area contributed by atoms with Gasteiger partial charge >= 0.3 is 0 Å². The van der Waals surface area contributed by atoms with Gasteiger partial charge in [-0.2, -0.15) is 0 Å². The summed E-state index contributed by atoms with van der Waals surface area (Å²) in [7, 11) is 4.64. The predicted molar refractivity (Wildman–Crippen MR) is 123 cm³/mol. The largest absolute Gasteiger partial charge is 0.493 e. The van der Waals surface area contributed by atoms with Crippen molar-refractivity contribution in [1.82, 2.24) is 0 Å². The van der Waals surface area contributed by atoms with Crippen molar-refractivity contribution in [2.24, 2.45) is 0 Å². The van der Waals surface area contributed by atoms with Crippen molar-refractivity contribution in [2.45, 2.75) is 38.5 Å². The van der Waals surface area contributed by atoms with E-state index in [2.05, 4.69) is 0 Å². The normalized spacial score (nSPS) is 18.5. The first-order valence-corrected chi connectivity index (χ1v) is 10.9. The number of carbonyl (C=O) groups is 2. The first-order chi connectivity index (χ1) is 15.4. The van der Waals surface area contributed by atoms with Crippen LogP contribution >= 0.6 is 11.6 Å². The molecular formula is C25H26ClNO5. The Balaban J connectivity index is 1.93. The topological polar surface area (TPSA) is 65.1 Å². The van der Waals surface area contributed by atoms with Gasteiger partial charge in [-0.25, -0.2) is 0 Å². The Hall–Kier alpha value is -2.99.